The van der Waals surface area contributed by atoms with Crippen LogP contribution < -0.4 is 10.5 Å². The zero-order chi connectivity index (χ0) is 25.9. The number of aliphatic hydroxyl groups is 1. The van der Waals surface area contributed by atoms with Crippen molar-refractivity contribution >= 4 is 27.3 Å². The minimum atomic E-state index is -1.38. The van der Waals surface area contributed by atoms with Gasteiger partial charge in [0.25, 0.3) is 0 Å². The Balaban J connectivity index is 1.37. The van der Waals surface area contributed by atoms with Crippen molar-refractivity contribution < 1.29 is 23.4 Å². The summed E-state index contributed by atoms with van der Waals surface area (Å²) in [4.78, 5) is 21.9. The smallest absolute Gasteiger partial charge is 0.163 e. The third kappa shape index (κ3) is 4.21. The van der Waals surface area contributed by atoms with Gasteiger partial charge in [0.1, 0.15) is 29.2 Å². The highest BCUT2D eigenvalue weighted by Gasteiger charge is 2.48. The lowest BCUT2D eigenvalue weighted by Crippen LogP contribution is -2.35. The first-order valence-electron chi connectivity index (χ1n) is 12.2. The van der Waals surface area contributed by atoms with Crippen molar-refractivity contribution in [2.45, 2.75) is 43.7 Å². The Morgan fingerprint density at radius 2 is 2.00 bits per heavy atom. The predicted octanol–water partition coefficient (Wildman–Crippen LogP) is 5.46. The Hall–Kier alpha value is -3.27. The standard InChI is InChI=1S/C28H25F2N3O3S/c1-27(31)13-36-26-19(27)12-23(33-24(26)15-2-6-18(29)7-3-15)28(35,17-4-5-17)9-8-21(34)16-10-20(30)25-22(11-16)37-14-32-25/h2-3,6-7,10-12,14,17,35H,4-5,8-9,13,31H2,1H3/t27-,28+/m0/s1. The first kappa shape index (κ1) is 24.1. The average molecular weight is 522 g/mol. The molecule has 4 aromatic rings. The molecule has 1 saturated carbocycles. The van der Waals surface area contributed by atoms with Crippen LogP contribution in [0.5, 0.6) is 5.75 Å². The number of hydrogen-bond acceptors (Lipinski definition) is 7. The molecule has 6 rings (SSSR count). The van der Waals surface area contributed by atoms with E-state index in [0.29, 0.717) is 33.0 Å². The summed E-state index contributed by atoms with van der Waals surface area (Å²) in [5.41, 5.74) is 8.62. The molecule has 0 radical (unpaired) electrons. The lowest BCUT2D eigenvalue weighted by molar-refractivity contribution is -0.00116. The molecule has 9 heteroatoms. The van der Waals surface area contributed by atoms with E-state index in [4.69, 9.17) is 15.5 Å². The van der Waals surface area contributed by atoms with E-state index in [0.717, 1.165) is 12.8 Å². The van der Waals surface area contributed by atoms with E-state index < -0.39 is 17.0 Å². The monoisotopic (exact) mass is 521 g/mol. The van der Waals surface area contributed by atoms with Crippen LogP contribution in [0.15, 0.2) is 48.0 Å². The number of thiazole rings is 1. The van der Waals surface area contributed by atoms with Crippen molar-refractivity contribution in [2.75, 3.05) is 6.61 Å². The van der Waals surface area contributed by atoms with Crippen LogP contribution >= 0.6 is 11.3 Å². The summed E-state index contributed by atoms with van der Waals surface area (Å²) < 4.78 is 34.6. The van der Waals surface area contributed by atoms with Gasteiger partial charge in [-0.05, 0) is 74.6 Å². The van der Waals surface area contributed by atoms with E-state index in [1.165, 1.54) is 29.5 Å². The second-order valence-electron chi connectivity index (χ2n) is 10.2. The van der Waals surface area contributed by atoms with E-state index >= 15 is 0 Å². The number of fused-ring (bicyclic) bond motifs is 2. The SMILES string of the molecule is C[C@]1(N)COc2c1cc([C@@](O)(CCC(=O)c1cc(F)c3ncsc3c1)C1CC1)nc2-c1ccc(F)cc1. The van der Waals surface area contributed by atoms with Gasteiger partial charge in [0, 0.05) is 23.1 Å². The molecule has 0 bridgehead atoms. The quantitative estimate of drug-likeness (QED) is 0.313. The van der Waals surface area contributed by atoms with Crippen LogP contribution in [-0.4, -0.2) is 27.5 Å². The Morgan fingerprint density at radius 3 is 2.73 bits per heavy atom. The van der Waals surface area contributed by atoms with Crippen molar-refractivity contribution in [3.63, 3.8) is 0 Å². The molecule has 3 heterocycles. The molecule has 2 aliphatic rings. The van der Waals surface area contributed by atoms with E-state index in [-0.39, 0.29) is 48.0 Å². The van der Waals surface area contributed by atoms with Crippen molar-refractivity contribution in [1.29, 1.82) is 0 Å². The Bertz CT molecular complexity index is 1530. The third-order valence-corrected chi connectivity index (χ3v) is 8.14. The van der Waals surface area contributed by atoms with Crippen LogP contribution in [-0.2, 0) is 11.1 Å². The van der Waals surface area contributed by atoms with Crippen LogP contribution in [0.1, 0.15) is 54.2 Å². The second-order valence-corrected chi connectivity index (χ2v) is 11.1. The number of hydrogen-bond donors (Lipinski definition) is 2. The maximum atomic E-state index is 14.4. The highest BCUT2D eigenvalue weighted by atomic mass is 32.1. The number of rotatable bonds is 7. The molecule has 190 valence electrons. The predicted molar refractivity (Wildman–Crippen MR) is 136 cm³/mol. The maximum absolute atomic E-state index is 14.4. The summed E-state index contributed by atoms with van der Waals surface area (Å²) in [6.45, 7) is 2.09. The number of carbonyl (C=O) groups excluding carboxylic acids is 1. The van der Waals surface area contributed by atoms with Gasteiger partial charge in [-0.1, -0.05) is 0 Å². The van der Waals surface area contributed by atoms with Crippen LogP contribution in [0.2, 0.25) is 0 Å². The van der Waals surface area contributed by atoms with Gasteiger partial charge in [0.05, 0.1) is 21.4 Å². The molecule has 6 nitrogen and oxygen atoms in total. The summed E-state index contributed by atoms with van der Waals surface area (Å²) in [5.74, 6) is -0.727. The average Bonchev–Trinajstić information content (AvgIpc) is 3.55. The van der Waals surface area contributed by atoms with Gasteiger partial charge in [-0.2, -0.15) is 0 Å². The number of ketones is 1. The number of benzene rings is 2. The fourth-order valence-electron chi connectivity index (χ4n) is 5.07. The van der Waals surface area contributed by atoms with Crippen LogP contribution in [0.4, 0.5) is 8.78 Å². The number of ether oxygens (including phenoxy) is 1. The Labute approximate surface area is 216 Å². The number of pyridine rings is 1. The number of carbonyl (C=O) groups is 1. The Morgan fingerprint density at radius 1 is 1.24 bits per heavy atom. The highest BCUT2D eigenvalue weighted by molar-refractivity contribution is 7.16. The van der Waals surface area contributed by atoms with E-state index in [1.807, 2.05) is 6.92 Å². The molecule has 0 amide bonds. The summed E-state index contributed by atoms with van der Waals surface area (Å²) in [7, 11) is 0. The van der Waals surface area contributed by atoms with Crippen molar-refractivity contribution in [2.24, 2.45) is 11.7 Å². The molecule has 2 aromatic carbocycles. The lowest BCUT2D eigenvalue weighted by atomic mass is 9.83. The molecule has 0 saturated heterocycles. The number of nitrogens with zero attached hydrogens (tertiary/aromatic N) is 2. The molecule has 0 unspecified atom stereocenters. The first-order valence-corrected chi connectivity index (χ1v) is 13.1. The minimum absolute atomic E-state index is 0.0117. The summed E-state index contributed by atoms with van der Waals surface area (Å²) in [5, 5.41) is 12.0. The van der Waals surface area contributed by atoms with Crippen LogP contribution in [0, 0.1) is 17.6 Å². The van der Waals surface area contributed by atoms with Gasteiger partial charge in [-0.15, -0.1) is 11.3 Å². The highest BCUT2D eigenvalue weighted by Crippen LogP contribution is 2.51. The molecule has 1 aliphatic heterocycles. The van der Waals surface area contributed by atoms with Gasteiger partial charge in [0.15, 0.2) is 17.3 Å². The molecule has 1 aliphatic carbocycles. The van der Waals surface area contributed by atoms with Gasteiger partial charge in [-0.3, -0.25) is 4.79 Å². The van der Waals surface area contributed by atoms with Gasteiger partial charge >= 0.3 is 0 Å². The van der Waals surface area contributed by atoms with Crippen LogP contribution in [0.25, 0.3) is 21.5 Å². The van der Waals surface area contributed by atoms with E-state index in [1.54, 1.807) is 29.8 Å². The molecule has 37 heavy (non-hydrogen) atoms. The first-order chi connectivity index (χ1) is 17.7. The van der Waals surface area contributed by atoms with Crippen molar-refractivity contribution in [3.05, 3.63) is 76.4 Å². The third-order valence-electron chi connectivity index (χ3n) is 7.36. The van der Waals surface area contributed by atoms with E-state index in [2.05, 4.69) is 4.98 Å². The van der Waals surface area contributed by atoms with Gasteiger partial charge in [0.2, 0.25) is 0 Å². The number of nitrogens with two attached hydrogens (primary N) is 1. The maximum Gasteiger partial charge on any atom is 0.163 e. The van der Waals surface area contributed by atoms with Crippen molar-refractivity contribution in [3.8, 4) is 17.0 Å². The van der Waals surface area contributed by atoms with Crippen LogP contribution in [0.3, 0.4) is 0 Å². The summed E-state index contributed by atoms with van der Waals surface area (Å²) in [6, 6.07) is 10.5. The lowest BCUT2D eigenvalue weighted by Gasteiger charge is -2.29. The molecule has 2 aromatic heterocycles. The molecule has 0 spiro atoms. The van der Waals surface area contributed by atoms with Gasteiger partial charge in [-0.25, -0.2) is 18.7 Å². The zero-order valence-electron chi connectivity index (χ0n) is 20.1. The fourth-order valence-corrected chi connectivity index (χ4v) is 5.79. The summed E-state index contributed by atoms with van der Waals surface area (Å²) in [6.07, 6.45) is 1.73. The number of aromatic nitrogens is 2. The number of halogens is 2. The van der Waals surface area contributed by atoms with Crippen molar-refractivity contribution in [1.82, 2.24) is 9.97 Å². The van der Waals surface area contributed by atoms with Gasteiger partial charge < -0.3 is 15.6 Å². The van der Waals surface area contributed by atoms with E-state index in [9.17, 15) is 18.7 Å². The minimum Gasteiger partial charge on any atom is -0.489 e. The fraction of sp³-hybridized carbons (Fsp3) is 0.321. The summed E-state index contributed by atoms with van der Waals surface area (Å²) >= 11 is 1.27. The largest absolute Gasteiger partial charge is 0.489 e. The zero-order valence-corrected chi connectivity index (χ0v) is 20.9. The topological polar surface area (TPSA) is 98.3 Å². The Kier molecular flexibility index (Phi) is 5.63. The molecular formula is C28H25F2N3O3S. The molecule has 1 fully saturated rings. The molecule has 3 N–H and O–H groups in total. The molecular weight excluding hydrogens is 496 g/mol. The second kappa shape index (κ2) is 8.65. The number of Topliss-reactive ketones (excluding diaryl/α,β-unsaturated/α-hetero) is 1. The normalized spacial score (nSPS) is 20.5. The molecule has 2 atom stereocenters.